The SMILES string of the molecule is CC1(C)[C-]=CC=C1.[Cl][Ti][Cl].c1ccc2[cH-]c(-p3c4c(c5ccccc53)CCCC4)cc2c1. The maximum absolute atomic E-state index is 4.89. The largest absolute Gasteiger partial charge is 0.157 e. The number of aryl methyl sites for hydroxylation is 1. The molecule has 0 fully saturated rings. The van der Waals surface area contributed by atoms with Crippen LogP contribution in [0, 0.1) is 11.5 Å². The molecule has 1 atom stereocenters. The summed E-state index contributed by atoms with van der Waals surface area (Å²) in [6, 6.07) is 22.8. The molecular formula is C28H27Cl2PTi-2. The molecule has 32 heavy (non-hydrogen) atoms. The van der Waals surface area contributed by atoms with Gasteiger partial charge in [0, 0.05) is 5.12 Å². The van der Waals surface area contributed by atoms with Crippen LogP contribution in [0.2, 0.25) is 0 Å². The maximum Gasteiger partial charge on any atom is 0.00467 e. The standard InChI is InChI=1S/C21H18P.C7H9.2ClH.Ti/c1-2-8-16-14-17(13-15(16)7-1)22-20-11-5-3-9-18(20)19-10-4-6-12-21(19)22;1-7(2)5-3-4-6-7;;;/h1-3,5,7-9,11,13-14H,4,6,10,12H2;3-5H,1-2H3;2*1H;/q2*-1;;;+2/p-2. The summed E-state index contributed by atoms with van der Waals surface area (Å²) in [4.78, 5) is 0. The molecule has 1 heterocycles. The summed E-state index contributed by atoms with van der Waals surface area (Å²) in [6.45, 7) is 4.26. The van der Waals surface area contributed by atoms with Gasteiger partial charge in [-0.2, -0.15) is 12.1 Å². The van der Waals surface area contributed by atoms with Gasteiger partial charge in [0.1, 0.15) is 0 Å². The maximum atomic E-state index is 4.89. The average Bonchev–Trinajstić information content (AvgIpc) is 3.49. The van der Waals surface area contributed by atoms with Crippen LogP contribution in [0.3, 0.4) is 0 Å². The average molecular weight is 513 g/mol. The van der Waals surface area contributed by atoms with E-state index in [0.29, 0.717) is 0 Å². The first-order valence-electron chi connectivity index (χ1n) is 11.1. The second kappa shape index (κ2) is 10.9. The van der Waals surface area contributed by atoms with Gasteiger partial charge in [0.2, 0.25) is 0 Å². The zero-order valence-electron chi connectivity index (χ0n) is 18.5. The molecule has 0 N–H and O–H groups in total. The van der Waals surface area contributed by atoms with Crippen LogP contribution in [0.15, 0.2) is 78.9 Å². The van der Waals surface area contributed by atoms with E-state index in [4.69, 9.17) is 18.6 Å². The molecular weight excluding hydrogens is 486 g/mol. The number of benzene rings is 2. The van der Waals surface area contributed by atoms with Gasteiger partial charge < -0.3 is 0 Å². The zero-order valence-corrected chi connectivity index (χ0v) is 22.5. The van der Waals surface area contributed by atoms with Crippen molar-refractivity contribution in [1.82, 2.24) is 0 Å². The van der Waals surface area contributed by atoms with E-state index in [2.05, 4.69) is 86.7 Å². The van der Waals surface area contributed by atoms with Crippen molar-refractivity contribution in [2.24, 2.45) is 5.41 Å². The van der Waals surface area contributed by atoms with Crippen molar-refractivity contribution in [3.05, 3.63) is 95.8 Å². The van der Waals surface area contributed by atoms with E-state index in [1.54, 1.807) is 26.7 Å². The molecule has 1 aromatic heterocycles. The molecule has 4 aromatic rings. The number of allylic oxidation sites excluding steroid dienone is 4. The van der Waals surface area contributed by atoms with Crippen LogP contribution in [-0.4, -0.2) is 0 Å². The summed E-state index contributed by atoms with van der Waals surface area (Å²) in [7, 11) is 9.50. The summed E-state index contributed by atoms with van der Waals surface area (Å²) in [6.07, 6.45) is 14.6. The van der Waals surface area contributed by atoms with Gasteiger partial charge >= 0.3 is 35.6 Å². The van der Waals surface area contributed by atoms with E-state index in [0.717, 1.165) is 0 Å². The Kier molecular flexibility index (Phi) is 8.15. The minimum absolute atomic E-state index is 0.208. The van der Waals surface area contributed by atoms with E-state index < -0.39 is 17.0 Å². The Morgan fingerprint density at radius 2 is 1.72 bits per heavy atom. The van der Waals surface area contributed by atoms with Crippen LogP contribution in [0.4, 0.5) is 0 Å². The van der Waals surface area contributed by atoms with E-state index in [-0.39, 0.29) is 12.9 Å². The normalized spacial score (nSPS) is 16.2. The van der Waals surface area contributed by atoms with Gasteiger partial charge in [0.05, 0.1) is 0 Å². The van der Waals surface area contributed by atoms with Gasteiger partial charge in [-0.3, -0.25) is 6.08 Å². The molecule has 6 rings (SSSR count). The molecule has 0 aliphatic heterocycles. The first-order chi connectivity index (χ1) is 15.5. The number of fused-ring (bicyclic) bond motifs is 4. The summed E-state index contributed by atoms with van der Waals surface area (Å²) in [5.74, 6) is 0. The molecule has 1 unspecified atom stereocenters. The van der Waals surface area contributed by atoms with E-state index in [1.807, 2.05) is 12.2 Å². The van der Waals surface area contributed by atoms with Gasteiger partial charge in [0.15, 0.2) is 0 Å². The quantitative estimate of drug-likeness (QED) is 0.176. The topological polar surface area (TPSA) is 0 Å². The van der Waals surface area contributed by atoms with Crippen LogP contribution >= 0.6 is 26.1 Å². The molecule has 0 amide bonds. The minimum atomic E-state index is -0.556. The van der Waals surface area contributed by atoms with E-state index in [9.17, 15) is 0 Å². The van der Waals surface area contributed by atoms with Gasteiger partial charge in [-0.05, 0) is 41.9 Å². The third kappa shape index (κ3) is 5.33. The van der Waals surface area contributed by atoms with Crippen LogP contribution in [0.25, 0.3) is 26.6 Å². The van der Waals surface area contributed by atoms with Gasteiger partial charge in [-0.1, -0.05) is 54.9 Å². The van der Waals surface area contributed by atoms with Gasteiger partial charge in [0.25, 0.3) is 0 Å². The number of halogens is 2. The Bertz CT molecular complexity index is 1210. The smallest absolute Gasteiger partial charge is 0.00467 e. The molecule has 0 nitrogen and oxygen atoms in total. The molecule has 2 aliphatic rings. The van der Waals surface area contributed by atoms with Crippen LogP contribution in [0.1, 0.15) is 37.5 Å². The Hall–Kier alpha value is -1.14. The number of hydrogen-bond acceptors (Lipinski definition) is 0. The van der Waals surface area contributed by atoms with Crippen molar-refractivity contribution in [3.8, 4) is 5.30 Å². The fourth-order valence-electron chi connectivity index (χ4n) is 4.65. The Morgan fingerprint density at radius 3 is 2.41 bits per heavy atom. The summed E-state index contributed by atoms with van der Waals surface area (Å²) in [5.41, 5.74) is 1.89. The Balaban J connectivity index is 0.000000206. The zero-order chi connectivity index (χ0) is 22.6. The molecule has 2 aliphatic carbocycles. The molecule has 0 saturated heterocycles. The fraction of sp³-hybridized carbons (Fsp3) is 0.250. The summed E-state index contributed by atoms with van der Waals surface area (Å²) < 4.78 is 0. The molecule has 0 bridgehead atoms. The molecule has 4 heteroatoms. The molecule has 0 spiro atoms. The molecule has 3 aromatic carbocycles. The van der Waals surface area contributed by atoms with Crippen molar-refractivity contribution in [1.29, 1.82) is 0 Å². The third-order valence-corrected chi connectivity index (χ3v) is 8.78. The van der Waals surface area contributed by atoms with Gasteiger partial charge in [-0.25, -0.2) is 12.2 Å². The second-order valence-electron chi connectivity index (χ2n) is 8.79. The molecule has 164 valence electrons. The number of hydrogen-bond donors (Lipinski definition) is 0. The molecule has 0 saturated carbocycles. The summed E-state index contributed by atoms with van der Waals surface area (Å²) >= 11 is -0.556. The van der Waals surface area contributed by atoms with Crippen molar-refractivity contribution >= 4 is 47.4 Å². The van der Waals surface area contributed by atoms with Crippen LogP contribution in [0.5, 0.6) is 0 Å². The first kappa shape index (κ1) is 24.0. The Morgan fingerprint density at radius 1 is 1.00 bits per heavy atom. The van der Waals surface area contributed by atoms with Gasteiger partial charge in [-0.15, -0.1) is 42.6 Å². The predicted octanol–water partition coefficient (Wildman–Crippen LogP) is 9.88. The third-order valence-electron chi connectivity index (χ3n) is 6.10. The first-order valence-corrected chi connectivity index (χ1v) is 16.7. The second-order valence-corrected chi connectivity index (χ2v) is 13.6. The summed E-state index contributed by atoms with van der Waals surface area (Å²) in [5, 5.41) is 9.24. The fourth-order valence-corrected chi connectivity index (χ4v) is 7.64. The van der Waals surface area contributed by atoms with Crippen molar-refractivity contribution in [2.75, 3.05) is 0 Å². The van der Waals surface area contributed by atoms with Crippen molar-refractivity contribution in [2.45, 2.75) is 39.5 Å². The van der Waals surface area contributed by atoms with E-state index in [1.165, 1.54) is 36.5 Å². The monoisotopic (exact) mass is 512 g/mol. The molecule has 0 radical (unpaired) electrons. The van der Waals surface area contributed by atoms with Crippen molar-refractivity contribution < 1.29 is 17.0 Å². The van der Waals surface area contributed by atoms with E-state index >= 15 is 0 Å². The number of rotatable bonds is 1. The van der Waals surface area contributed by atoms with Crippen LogP contribution < -0.4 is 0 Å². The van der Waals surface area contributed by atoms with Crippen LogP contribution in [-0.2, 0) is 29.9 Å². The predicted molar refractivity (Wildman–Crippen MR) is 140 cm³/mol. The Labute approximate surface area is 209 Å². The van der Waals surface area contributed by atoms with Crippen molar-refractivity contribution in [3.63, 3.8) is 0 Å². The minimum Gasteiger partial charge on any atom is -0.157 e.